The number of benzene rings is 1. The Hall–Kier alpha value is -1.88. The van der Waals surface area contributed by atoms with Crippen LogP contribution in [-0.2, 0) is 4.74 Å². The third kappa shape index (κ3) is 4.04. The van der Waals surface area contributed by atoms with E-state index in [1.807, 2.05) is 25.3 Å². The minimum absolute atomic E-state index is 0.0942. The third-order valence-electron chi connectivity index (χ3n) is 3.43. The average molecular weight is 291 g/mol. The van der Waals surface area contributed by atoms with Crippen LogP contribution in [0.1, 0.15) is 30.6 Å². The molecule has 1 unspecified atom stereocenters. The summed E-state index contributed by atoms with van der Waals surface area (Å²) >= 11 is 0. The molecule has 2 aromatic rings. The van der Waals surface area contributed by atoms with Crippen LogP contribution in [0.4, 0.5) is 10.3 Å². The molecule has 5 heteroatoms. The molecule has 0 spiro atoms. The fraction of sp³-hybridized carbons (Fsp3) is 0.438. The molecule has 0 aliphatic carbocycles. The number of hydrogen-bond donors (Lipinski definition) is 1. The molecule has 2 rings (SSSR count). The summed E-state index contributed by atoms with van der Waals surface area (Å²) in [5, 5.41) is 3.33. The van der Waals surface area contributed by atoms with Gasteiger partial charge in [-0.25, -0.2) is 9.37 Å². The molecule has 1 aromatic carbocycles. The van der Waals surface area contributed by atoms with E-state index < -0.39 is 0 Å². The van der Waals surface area contributed by atoms with Crippen LogP contribution in [0.15, 0.2) is 30.5 Å². The van der Waals surface area contributed by atoms with Gasteiger partial charge in [0.25, 0.3) is 0 Å². The predicted octanol–water partition coefficient (Wildman–Crippen LogP) is 3.39. The lowest BCUT2D eigenvalue weighted by Crippen LogP contribution is -2.13. The summed E-state index contributed by atoms with van der Waals surface area (Å²) in [6, 6.07) is 6.69. The minimum Gasteiger partial charge on any atom is -0.385 e. The van der Waals surface area contributed by atoms with Crippen molar-refractivity contribution in [1.29, 1.82) is 0 Å². The number of anilines is 1. The van der Waals surface area contributed by atoms with Gasteiger partial charge in [-0.3, -0.25) is 0 Å². The van der Waals surface area contributed by atoms with E-state index in [1.54, 1.807) is 7.11 Å². The van der Waals surface area contributed by atoms with E-state index in [-0.39, 0.29) is 11.9 Å². The highest BCUT2D eigenvalue weighted by molar-refractivity contribution is 5.32. The fourth-order valence-corrected chi connectivity index (χ4v) is 2.26. The SMILES string of the molecule is COCCCNc1nc(C)cn1C(C)c1ccc(F)cc1. The van der Waals surface area contributed by atoms with E-state index in [0.717, 1.165) is 36.8 Å². The lowest BCUT2D eigenvalue weighted by atomic mass is 10.1. The molecule has 0 aliphatic heterocycles. The van der Waals surface area contributed by atoms with Crippen LogP contribution in [0.2, 0.25) is 0 Å². The largest absolute Gasteiger partial charge is 0.385 e. The van der Waals surface area contributed by atoms with Crippen molar-refractivity contribution in [3.63, 3.8) is 0 Å². The second kappa shape index (κ2) is 7.22. The summed E-state index contributed by atoms with van der Waals surface area (Å²) in [4.78, 5) is 4.51. The Morgan fingerprint density at radius 3 is 2.71 bits per heavy atom. The molecule has 0 amide bonds. The Bertz CT molecular complexity index is 565. The number of nitrogens with zero attached hydrogens (tertiary/aromatic N) is 2. The van der Waals surface area contributed by atoms with E-state index >= 15 is 0 Å². The molecule has 0 bridgehead atoms. The molecular formula is C16H22FN3O. The average Bonchev–Trinajstić information content (AvgIpc) is 2.85. The molecule has 114 valence electrons. The molecule has 0 radical (unpaired) electrons. The van der Waals surface area contributed by atoms with Gasteiger partial charge in [0.15, 0.2) is 0 Å². The number of aromatic nitrogens is 2. The standard InChI is InChI=1S/C16H22FN3O/c1-12-11-20(16(19-12)18-9-4-10-21-3)13(2)14-5-7-15(17)8-6-14/h5-8,11,13H,4,9-10H2,1-3H3,(H,18,19). The first-order valence-electron chi connectivity index (χ1n) is 7.15. The highest BCUT2D eigenvalue weighted by Gasteiger charge is 2.13. The van der Waals surface area contributed by atoms with Crippen molar-refractivity contribution in [1.82, 2.24) is 9.55 Å². The number of hydrogen-bond acceptors (Lipinski definition) is 3. The quantitative estimate of drug-likeness (QED) is 0.795. The Morgan fingerprint density at radius 2 is 2.05 bits per heavy atom. The number of methoxy groups -OCH3 is 1. The first kappa shape index (κ1) is 15.5. The normalized spacial score (nSPS) is 12.4. The van der Waals surface area contributed by atoms with Gasteiger partial charge in [-0.2, -0.15) is 0 Å². The molecule has 1 aromatic heterocycles. The highest BCUT2D eigenvalue weighted by atomic mass is 19.1. The molecule has 4 nitrogen and oxygen atoms in total. The summed E-state index contributed by atoms with van der Waals surface area (Å²) in [6.07, 6.45) is 2.93. The third-order valence-corrected chi connectivity index (χ3v) is 3.43. The molecule has 21 heavy (non-hydrogen) atoms. The molecule has 0 fully saturated rings. The summed E-state index contributed by atoms with van der Waals surface area (Å²) in [7, 11) is 1.70. The van der Waals surface area contributed by atoms with Crippen molar-refractivity contribution < 1.29 is 9.13 Å². The van der Waals surface area contributed by atoms with Crippen molar-refractivity contribution in [3.8, 4) is 0 Å². The zero-order valence-corrected chi connectivity index (χ0v) is 12.8. The van der Waals surface area contributed by atoms with Crippen LogP contribution in [-0.4, -0.2) is 29.8 Å². The number of imidazole rings is 1. The van der Waals surface area contributed by atoms with E-state index in [9.17, 15) is 4.39 Å². The van der Waals surface area contributed by atoms with Gasteiger partial charge in [-0.05, 0) is 38.0 Å². The number of nitrogens with one attached hydrogen (secondary N) is 1. The van der Waals surface area contributed by atoms with Gasteiger partial charge < -0.3 is 14.6 Å². The molecule has 0 saturated carbocycles. The van der Waals surface area contributed by atoms with Gasteiger partial charge >= 0.3 is 0 Å². The summed E-state index contributed by atoms with van der Waals surface area (Å²) in [5.41, 5.74) is 2.01. The highest BCUT2D eigenvalue weighted by Crippen LogP contribution is 2.23. The van der Waals surface area contributed by atoms with Crippen molar-refractivity contribution >= 4 is 5.95 Å². The maximum absolute atomic E-state index is 13.0. The van der Waals surface area contributed by atoms with E-state index in [4.69, 9.17) is 4.74 Å². The van der Waals surface area contributed by atoms with Gasteiger partial charge in [-0.1, -0.05) is 12.1 Å². The number of halogens is 1. The second-order valence-electron chi connectivity index (χ2n) is 5.11. The van der Waals surface area contributed by atoms with Gasteiger partial charge in [0.2, 0.25) is 5.95 Å². The molecular weight excluding hydrogens is 269 g/mol. The zero-order chi connectivity index (χ0) is 15.2. The van der Waals surface area contributed by atoms with Crippen LogP contribution >= 0.6 is 0 Å². The second-order valence-corrected chi connectivity index (χ2v) is 5.11. The monoisotopic (exact) mass is 291 g/mol. The van der Waals surface area contributed by atoms with Crippen molar-refractivity contribution in [2.24, 2.45) is 0 Å². The molecule has 0 saturated heterocycles. The fourth-order valence-electron chi connectivity index (χ4n) is 2.26. The number of aryl methyl sites for hydroxylation is 1. The van der Waals surface area contributed by atoms with Gasteiger partial charge in [-0.15, -0.1) is 0 Å². The maximum atomic E-state index is 13.0. The minimum atomic E-state index is -0.217. The topological polar surface area (TPSA) is 39.1 Å². The molecule has 1 heterocycles. The lowest BCUT2D eigenvalue weighted by molar-refractivity contribution is 0.197. The maximum Gasteiger partial charge on any atom is 0.203 e. The van der Waals surface area contributed by atoms with Crippen molar-refractivity contribution in [3.05, 3.63) is 47.5 Å². The van der Waals surface area contributed by atoms with Crippen molar-refractivity contribution in [2.75, 3.05) is 25.6 Å². The predicted molar refractivity (Wildman–Crippen MR) is 82.2 cm³/mol. The first-order chi connectivity index (χ1) is 10.1. The van der Waals surface area contributed by atoms with Gasteiger partial charge in [0, 0.05) is 26.5 Å². The Morgan fingerprint density at radius 1 is 1.33 bits per heavy atom. The Kier molecular flexibility index (Phi) is 5.33. The Labute approximate surface area is 125 Å². The van der Waals surface area contributed by atoms with Crippen LogP contribution < -0.4 is 5.32 Å². The van der Waals surface area contributed by atoms with E-state index in [2.05, 4.69) is 21.8 Å². The van der Waals surface area contributed by atoms with Crippen LogP contribution in [0, 0.1) is 12.7 Å². The molecule has 0 aliphatic rings. The van der Waals surface area contributed by atoms with Crippen molar-refractivity contribution in [2.45, 2.75) is 26.3 Å². The van der Waals surface area contributed by atoms with Crippen LogP contribution in [0.3, 0.4) is 0 Å². The Balaban J connectivity index is 2.12. The smallest absolute Gasteiger partial charge is 0.203 e. The lowest BCUT2D eigenvalue weighted by Gasteiger charge is -2.17. The zero-order valence-electron chi connectivity index (χ0n) is 12.8. The molecule has 1 atom stereocenters. The number of rotatable bonds is 7. The summed E-state index contributed by atoms with van der Waals surface area (Å²) in [6.45, 7) is 5.57. The van der Waals surface area contributed by atoms with E-state index in [0.29, 0.717) is 0 Å². The first-order valence-corrected chi connectivity index (χ1v) is 7.15. The van der Waals surface area contributed by atoms with Crippen LogP contribution in [0.5, 0.6) is 0 Å². The molecule has 1 N–H and O–H groups in total. The van der Waals surface area contributed by atoms with Crippen LogP contribution in [0.25, 0.3) is 0 Å². The number of ether oxygens (including phenoxy) is 1. The van der Waals surface area contributed by atoms with E-state index in [1.165, 1.54) is 12.1 Å². The van der Waals surface area contributed by atoms with Gasteiger partial charge in [0.1, 0.15) is 5.82 Å². The summed E-state index contributed by atoms with van der Waals surface area (Å²) in [5.74, 6) is 0.617. The summed E-state index contributed by atoms with van der Waals surface area (Å²) < 4.78 is 20.2. The van der Waals surface area contributed by atoms with Gasteiger partial charge in [0.05, 0.1) is 11.7 Å².